The monoisotopic (exact) mass is 342 g/mol. The first-order chi connectivity index (χ1) is 12.0. The molecule has 1 aliphatic carbocycles. The number of rotatable bonds is 3. The summed E-state index contributed by atoms with van der Waals surface area (Å²) >= 11 is 0. The zero-order valence-corrected chi connectivity index (χ0v) is 14.6. The smallest absolute Gasteiger partial charge is 0.255 e. The number of carbonyl (C=O) groups excluding carboxylic acids is 2. The quantitative estimate of drug-likeness (QED) is 0.910. The molecule has 3 aliphatic rings. The Morgan fingerprint density at radius 2 is 2.12 bits per heavy atom. The minimum Gasteiger partial charge on any atom is -0.384 e. The van der Waals surface area contributed by atoms with Crippen LogP contribution in [-0.2, 0) is 4.79 Å². The third-order valence-corrected chi connectivity index (χ3v) is 5.91. The SMILES string of the molecule is Nc1ccc(C(=O)N2CCCC3(CCC(=O)N(CC4CC4)C3)C2)cn1. The number of likely N-dealkylation sites (tertiary alicyclic amines) is 2. The van der Waals surface area contributed by atoms with Gasteiger partial charge in [-0.2, -0.15) is 0 Å². The van der Waals surface area contributed by atoms with E-state index in [0.29, 0.717) is 29.6 Å². The predicted octanol–water partition coefficient (Wildman–Crippen LogP) is 1.92. The number of anilines is 1. The second kappa shape index (κ2) is 6.32. The Hall–Kier alpha value is -2.11. The van der Waals surface area contributed by atoms with Gasteiger partial charge in [0.05, 0.1) is 5.56 Å². The van der Waals surface area contributed by atoms with Gasteiger partial charge in [-0.1, -0.05) is 0 Å². The molecule has 0 radical (unpaired) electrons. The summed E-state index contributed by atoms with van der Waals surface area (Å²) in [5.41, 5.74) is 6.27. The Morgan fingerprint density at radius 1 is 1.28 bits per heavy atom. The van der Waals surface area contributed by atoms with Crippen LogP contribution in [0.2, 0.25) is 0 Å². The van der Waals surface area contributed by atoms with E-state index in [0.717, 1.165) is 45.4 Å². The van der Waals surface area contributed by atoms with E-state index in [2.05, 4.69) is 9.88 Å². The molecule has 0 bridgehead atoms. The number of nitrogen functional groups attached to an aromatic ring is 1. The molecule has 6 nitrogen and oxygen atoms in total. The van der Waals surface area contributed by atoms with Crippen molar-refractivity contribution < 1.29 is 9.59 Å². The Morgan fingerprint density at radius 3 is 2.84 bits per heavy atom. The topological polar surface area (TPSA) is 79.5 Å². The van der Waals surface area contributed by atoms with E-state index in [1.807, 2.05) is 4.90 Å². The van der Waals surface area contributed by atoms with Crippen LogP contribution in [0.25, 0.3) is 0 Å². The summed E-state index contributed by atoms with van der Waals surface area (Å²) in [6.45, 7) is 3.24. The average Bonchev–Trinajstić information content (AvgIpc) is 3.43. The van der Waals surface area contributed by atoms with Crippen LogP contribution in [0.15, 0.2) is 18.3 Å². The first-order valence-corrected chi connectivity index (χ1v) is 9.33. The van der Waals surface area contributed by atoms with Gasteiger partial charge in [-0.05, 0) is 50.2 Å². The molecule has 1 aromatic heterocycles. The lowest BCUT2D eigenvalue weighted by Gasteiger charge is -2.48. The van der Waals surface area contributed by atoms with Crippen LogP contribution in [0.3, 0.4) is 0 Å². The molecule has 1 spiro atoms. The zero-order valence-electron chi connectivity index (χ0n) is 14.6. The molecule has 3 fully saturated rings. The lowest BCUT2D eigenvalue weighted by Crippen LogP contribution is -2.55. The van der Waals surface area contributed by atoms with E-state index < -0.39 is 0 Å². The molecule has 2 N–H and O–H groups in total. The van der Waals surface area contributed by atoms with E-state index in [1.54, 1.807) is 18.3 Å². The van der Waals surface area contributed by atoms with Crippen molar-refractivity contribution in [2.24, 2.45) is 11.3 Å². The molecular formula is C19H26N4O2. The van der Waals surface area contributed by atoms with Crippen molar-refractivity contribution >= 4 is 17.6 Å². The number of nitrogens with two attached hydrogens (primary N) is 1. The van der Waals surface area contributed by atoms with E-state index in [1.165, 1.54) is 12.8 Å². The van der Waals surface area contributed by atoms with E-state index in [-0.39, 0.29) is 11.3 Å². The van der Waals surface area contributed by atoms with E-state index in [9.17, 15) is 9.59 Å². The highest BCUT2D eigenvalue weighted by Gasteiger charge is 2.43. The van der Waals surface area contributed by atoms with Crippen molar-refractivity contribution in [3.8, 4) is 0 Å². The largest absolute Gasteiger partial charge is 0.384 e. The molecule has 3 heterocycles. The average molecular weight is 342 g/mol. The summed E-state index contributed by atoms with van der Waals surface area (Å²) in [6.07, 6.45) is 7.69. The van der Waals surface area contributed by atoms with Crippen LogP contribution >= 0.6 is 0 Å². The Bertz CT molecular complexity index is 671. The molecular weight excluding hydrogens is 316 g/mol. The Balaban J connectivity index is 1.46. The fourth-order valence-electron chi connectivity index (χ4n) is 4.31. The van der Waals surface area contributed by atoms with Gasteiger partial charge in [0, 0.05) is 44.2 Å². The van der Waals surface area contributed by atoms with Crippen LogP contribution in [0.1, 0.15) is 48.9 Å². The summed E-state index contributed by atoms with van der Waals surface area (Å²) in [7, 11) is 0. The summed E-state index contributed by atoms with van der Waals surface area (Å²) in [5, 5.41) is 0. The molecule has 2 aliphatic heterocycles. The van der Waals surface area contributed by atoms with Gasteiger partial charge in [0.15, 0.2) is 0 Å². The van der Waals surface area contributed by atoms with Crippen molar-refractivity contribution in [2.75, 3.05) is 31.9 Å². The molecule has 2 amide bonds. The number of piperidine rings is 2. The molecule has 1 aromatic rings. The minimum absolute atomic E-state index is 0.0252. The first kappa shape index (κ1) is 16.4. The molecule has 0 aromatic carbocycles. The second-order valence-corrected chi connectivity index (χ2v) is 8.02. The zero-order chi connectivity index (χ0) is 17.4. The molecule has 134 valence electrons. The van der Waals surface area contributed by atoms with Crippen LogP contribution in [0.5, 0.6) is 0 Å². The number of aromatic nitrogens is 1. The Labute approximate surface area is 148 Å². The third-order valence-electron chi connectivity index (χ3n) is 5.91. The first-order valence-electron chi connectivity index (χ1n) is 9.33. The van der Waals surface area contributed by atoms with Crippen molar-refractivity contribution in [3.63, 3.8) is 0 Å². The fourth-order valence-corrected chi connectivity index (χ4v) is 4.31. The minimum atomic E-state index is 0.0252. The molecule has 6 heteroatoms. The van der Waals surface area contributed by atoms with Gasteiger partial charge in [-0.15, -0.1) is 0 Å². The highest BCUT2D eigenvalue weighted by molar-refractivity contribution is 5.94. The number of carbonyl (C=O) groups is 2. The third kappa shape index (κ3) is 3.48. The number of amides is 2. The molecule has 1 unspecified atom stereocenters. The molecule has 1 atom stereocenters. The maximum atomic E-state index is 12.8. The second-order valence-electron chi connectivity index (χ2n) is 8.02. The van der Waals surface area contributed by atoms with Gasteiger partial charge in [0.2, 0.25) is 5.91 Å². The number of hydrogen-bond acceptors (Lipinski definition) is 4. The molecule has 1 saturated carbocycles. The van der Waals surface area contributed by atoms with Crippen molar-refractivity contribution in [2.45, 2.75) is 38.5 Å². The van der Waals surface area contributed by atoms with Gasteiger partial charge in [0.1, 0.15) is 5.82 Å². The number of hydrogen-bond donors (Lipinski definition) is 1. The van der Waals surface area contributed by atoms with Crippen molar-refractivity contribution in [1.29, 1.82) is 0 Å². The fraction of sp³-hybridized carbons (Fsp3) is 0.632. The van der Waals surface area contributed by atoms with Crippen LogP contribution in [0, 0.1) is 11.3 Å². The standard InChI is InChI=1S/C19H26N4O2/c20-16-5-4-15(10-21-16)18(25)22-9-1-7-19(12-22)8-6-17(24)23(13-19)11-14-2-3-14/h4-5,10,14H,1-3,6-9,11-13H2,(H2,20,21). The maximum absolute atomic E-state index is 12.8. The summed E-state index contributed by atoms with van der Waals surface area (Å²) in [5.74, 6) is 1.45. The number of pyridine rings is 1. The van der Waals surface area contributed by atoms with Crippen molar-refractivity contribution in [3.05, 3.63) is 23.9 Å². The summed E-state index contributed by atoms with van der Waals surface area (Å²) in [6, 6.07) is 3.42. The lowest BCUT2D eigenvalue weighted by atomic mass is 9.73. The molecule has 4 rings (SSSR count). The van der Waals surface area contributed by atoms with Gasteiger partial charge >= 0.3 is 0 Å². The lowest BCUT2D eigenvalue weighted by molar-refractivity contribution is -0.139. The van der Waals surface area contributed by atoms with E-state index in [4.69, 9.17) is 5.73 Å². The molecule has 25 heavy (non-hydrogen) atoms. The van der Waals surface area contributed by atoms with Gasteiger partial charge in [0.25, 0.3) is 5.91 Å². The van der Waals surface area contributed by atoms with Gasteiger partial charge < -0.3 is 15.5 Å². The van der Waals surface area contributed by atoms with Crippen LogP contribution < -0.4 is 5.73 Å². The predicted molar refractivity (Wildman–Crippen MR) is 94.8 cm³/mol. The Kier molecular flexibility index (Phi) is 4.13. The van der Waals surface area contributed by atoms with Gasteiger partial charge in [-0.25, -0.2) is 4.98 Å². The summed E-state index contributed by atoms with van der Waals surface area (Å²) in [4.78, 5) is 33.2. The normalized spacial score (nSPS) is 27.0. The highest BCUT2D eigenvalue weighted by atomic mass is 16.2. The molecule has 2 saturated heterocycles. The summed E-state index contributed by atoms with van der Waals surface area (Å²) < 4.78 is 0. The maximum Gasteiger partial charge on any atom is 0.255 e. The van der Waals surface area contributed by atoms with E-state index >= 15 is 0 Å². The number of nitrogens with zero attached hydrogens (tertiary/aromatic N) is 3. The van der Waals surface area contributed by atoms with Crippen LogP contribution in [-0.4, -0.2) is 52.8 Å². The van der Waals surface area contributed by atoms with Crippen LogP contribution in [0.4, 0.5) is 5.82 Å². The van der Waals surface area contributed by atoms with Crippen molar-refractivity contribution in [1.82, 2.24) is 14.8 Å². The van der Waals surface area contributed by atoms with Gasteiger partial charge in [-0.3, -0.25) is 9.59 Å². The highest BCUT2D eigenvalue weighted by Crippen LogP contribution is 2.41.